The van der Waals surface area contributed by atoms with Gasteiger partial charge in [0.25, 0.3) is 0 Å². The SMILES string of the molecule is CCN(c1ccccc1O)C1CCC(c2ccc(O)cc2)CC1. The fourth-order valence-corrected chi connectivity index (χ4v) is 3.80. The van der Waals surface area contributed by atoms with Gasteiger partial charge in [0.1, 0.15) is 11.5 Å². The summed E-state index contributed by atoms with van der Waals surface area (Å²) in [6.45, 7) is 3.06. The van der Waals surface area contributed by atoms with E-state index in [9.17, 15) is 10.2 Å². The maximum absolute atomic E-state index is 10.1. The predicted octanol–water partition coefficient (Wildman–Crippen LogP) is 4.65. The summed E-state index contributed by atoms with van der Waals surface area (Å²) in [4.78, 5) is 2.34. The van der Waals surface area contributed by atoms with Crippen molar-refractivity contribution in [3.05, 3.63) is 54.1 Å². The first-order chi connectivity index (χ1) is 11.2. The summed E-state index contributed by atoms with van der Waals surface area (Å²) in [6.07, 6.45) is 4.57. The van der Waals surface area contributed by atoms with Gasteiger partial charge in [-0.25, -0.2) is 0 Å². The van der Waals surface area contributed by atoms with Gasteiger partial charge in [-0.05, 0) is 68.4 Å². The minimum Gasteiger partial charge on any atom is -0.508 e. The summed E-state index contributed by atoms with van der Waals surface area (Å²) in [6, 6.07) is 15.8. The second kappa shape index (κ2) is 6.95. The number of nitrogens with zero attached hydrogens (tertiary/aromatic N) is 1. The molecule has 0 aromatic heterocycles. The van der Waals surface area contributed by atoms with E-state index in [4.69, 9.17) is 0 Å². The van der Waals surface area contributed by atoms with Crippen LogP contribution in [0.3, 0.4) is 0 Å². The number of hydrogen-bond acceptors (Lipinski definition) is 3. The average molecular weight is 311 g/mol. The van der Waals surface area contributed by atoms with Crippen molar-refractivity contribution in [2.24, 2.45) is 0 Å². The second-order valence-electron chi connectivity index (χ2n) is 6.37. The lowest BCUT2D eigenvalue weighted by molar-refractivity contribution is 0.375. The van der Waals surface area contributed by atoms with Gasteiger partial charge in [0, 0.05) is 12.6 Å². The molecule has 0 aliphatic heterocycles. The van der Waals surface area contributed by atoms with Crippen molar-refractivity contribution in [1.29, 1.82) is 0 Å². The highest BCUT2D eigenvalue weighted by Crippen LogP contribution is 2.38. The molecule has 3 rings (SSSR count). The molecule has 0 atom stereocenters. The maximum Gasteiger partial charge on any atom is 0.138 e. The van der Waals surface area contributed by atoms with Crippen molar-refractivity contribution < 1.29 is 10.2 Å². The van der Waals surface area contributed by atoms with Crippen molar-refractivity contribution in [2.45, 2.75) is 44.6 Å². The minimum absolute atomic E-state index is 0.333. The van der Waals surface area contributed by atoms with Gasteiger partial charge >= 0.3 is 0 Å². The van der Waals surface area contributed by atoms with Crippen LogP contribution in [-0.4, -0.2) is 22.8 Å². The Kier molecular flexibility index (Phi) is 4.75. The Morgan fingerprint density at radius 2 is 1.57 bits per heavy atom. The van der Waals surface area contributed by atoms with Gasteiger partial charge in [0.2, 0.25) is 0 Å². The molecule has 122 valence electrons. The average Bonchev–Trinajstić information content (AvgIpc) is 2.59. The topological polar surface area (TPSA) is 43.7 Å². The minimum atomic E-state index is 0.333. The molecular formula is C20H25NO2. The van der Waals surface area contributed by atoms with E-state index in [1.54, 1.807) is 18.2 Å². The first kappa shape index (κ1) is 15.7. The number of rotatable bonds is 4. The Balaban J connectivity index is 1.68. The van der Waals surface area contributed by atoms with Gasteiger partial charge < -0.3 is 15.1 Å². The summed E-state index contributed by atoms with van der Waals surface area (Å²) < 4.78 is 0. The highest BCUT2D eigenvalue weighted by molar-refractivity contribution is 5.58. The maximum atomic E-state index is 10.1. The molecule has 0 unspecified atom stereocenters. The van der Waals surface area contributed by atoms with Crippen molar-refractivity contribution in [3.8, 4) is 11.5 Å². The Hall–Kier alpha value is -2.16. The molecule has 2 N–H and O–H groups in total. The van der Waals surface area contributed by atoms with Crippen LogP contribution >= 0.6 is 0 Å². The van der Waals surface area contributed by atoms with Gasteiger partial charge in [0.05, 0.1) is 5.69 Å². The van der Waals surface area contributed by atoms with Crippen LogP contribution in [0.4, 0.5) is 5.69 Å². The lowest BCUT2D eigenvalue weighted by atomic mass is 9.81. The third-order valence-corrected chi connectivity index (χ3v) is 5.03. The van der Waals surface area contributed by atoms with Crippen LogP contribution in [0.5, 0.6) is 11.5 Å². The zero-order valence-electron chi connectivity index (χ0n) is 13.7. The summed E-state index contributed by atoms with van der Waals surface area (Å²) in [5.74, 6) is 1.28. The predicted molar refractivity (Wildman–Crippen MR) is 94.2 cm³/mol. The first-order valence-electron chi connectivity index (χ1n) is 8.52. The van der Waals surface area contributed by atoms with Crippen LogP contribution in [0.15, 0.2) is 48.5 Å². The summed E-state index contributed by atoms with van der Waals surface area (Å²) >= 11 is 0. The van der Waals surface area contributed by atoms with E-state index >= 15 is 0 Å². The van der Waals surface area contributed by atoms with Gasteiger partial charge in [-0.3, -0.25) is 0 Å². The Morgan fingerprint density at radius 3 is 2.17 bits per heavy atom. The van der Waals surface area contributed by atoms with Crippen molar-refractivity contribution in [2.75, 3.05) is 11.4 Å². The molecule has 0 radical (unpaired) electrons. The molecule has 2 aromatic rings. The molecule has 0 spiro atoms. The zero-order valence-corrected chi connectivity index (χ0v) is 13.7. The molecule has 1 aliphatic rings. The van der Waals surface area contributed by atoms with Gasteiger partial charge in [-0.1, -0.05) is 24.3 Å². The smallest absolute Gasteiger partial charge is 0.138 e. The number of para-hydroxylation sites is 2. The van der Waals surface area contributed by atoms with E-state index < -0.39 is 0 Å². The van der Waals surface area contributed by atoms with Crippen LogP contribution in [-0.2, 0) is 0 Å². The molecule has 0 bridgehead atoms. The number of anilines is 1. The molecule has 23 heavy (non-hydrogen) atoms. The molecule has 2 aromatic carbocycles. The largest absolute Gasteiger partial charge is 0.508 e. The highest BCUT2D eigenvalue weighted by atomic mass is 16.3. The van der Waals surface area contributed by atoms with E-state index in [2.05, 4.69) is 11.8 Å². The molecule has 0 amide bonds. The van der Waals surface area contributed by atoms with Gasteiger partial charge in [-0.15, -0.1) is 0 Å². The quantitative estimate of drug-likeness (QED) is 0.863. The highest BCUT2D eigenvalue weighted by Gasteiger charge is 2.27. The summed E-state index contributed by atoms with van der Waals surface area (Å²) in [7, 11) is 0. The first-order valence-corrected chi connectivity index (χ1v) is 8.52. The molecule has 1 saturated carbocycles. The van der Waals surface area contributed by atoms with Crippen LogP contribution in [0.1, 0.15) is 44.1 Å². The van der Waals surface area contributed by atoms with E-state index in [0.717, 1.165) is 37.9 Å². The summed E-state index contributed by atoms with van der Waals surface area (Å²) in [5.41, 5.74) is 2.27. The Morgan fingerprint density at radius 1 is 0.913 bits per heavy atom. The van der Waals surface area contributed by atoms with E-state index in [1.165, 1.54) is 5.56 Å². The van der Waals surface area contributed by atoms with Crippen LogP contribution < -0.4 is 4.90 Å². The molecule has 3 heteroatoms. The van der Waals surface area contributed by atoms with Gasteiger partial charge in [0.15, 0.2) is 0 Å². The normalized spacial score (nSPS) is 21.1. The fraction of sp³-hybridized carbons (Fsp3) is 0.400. The number of benzene rings is 2. The molecule has 0 saturated heterocycles. The van der Waals surface area contributed by atoms with Crippen LogP contribution in [0.2, 0.25) is 0 Å². The second-order valence-corrected chi connectivity index (χ2v) is 6.37. The third kappa shape index (κ3) is 3.44. The monoisotopic (exact) mass is 311 g/mol. The standard InChI is InChI=1S/C20H25NO2/c1-2-21(19-5-3-4-6-20(19)23)17-11-7-15(8-12-17)16-9-13-18(22)14-10-16/h3-6,9-10,13-15,17,22-23H,2,7-8,11-12H2,1H3. The van der Waals surface area contributed by atoms with Crippen LogP contribution in [0, 0.1) is 0 Å². The van der Waals surface area contributed by atoms with E-state index in [0.29, 0.717) is 23.5 Å². The van der Waals surface area contributed by atoms with E-state index in [-0.39, 0.29) is 0 Å². The number of aromatic hydroxyl groups is 2. The molecule has 1 fully saturated rings. The zero-order chi connectivity index (χ0) is 16.2. The fourth-order valence-electron chi connectivity index (χ4n) is 3.80. The van der Waals surface area contributed by atoms with Crippen molar-refractivity contribution in [3.63, 3.8) is 0 Å². The Bertz CT molecular complexity index is 630. The third-order valence-electron chi connectivity index (χ3n) is 5.03. The number of phenols is 2. The lowest BCUT2D eigenvalue weighted by Crippen LogP contribution is -2.37. The molecule has 0 heterocycles. The summed E-state index contributed by atoms with van der Waals surface area (Å²) in [5, 5.41) is 19.6. The number of phenolic OH excluding ortho intramolecular Hbond substituents is 2. The van der Waals surface area contributed by atoms with Crippen molar-refractivity contribution >= 4 is 5.69 Å². The molecule has 3 nitrogen and oxygen atoms in total. The number of hydrogen-bond donors (Lipinski definition) is 2. The Labute approximate surface area is 138 Å². The van der Waals surface area contributed by atoms with Crippen LogP contribution in [0.25, 0.3) is 0 Å². The molecule has 1 aliphatic carbocycles. The van der Waals surface area contributed by atoms with Crippen molar-refractivity contribution in [1.82, 2.24) is 0 Å². The molecular weight excluding hydrogens is 286 g/mol. The van der Waals surface area contributed by atoms with Gasteiger partial charge in [-0.2, -0.15) is 0 Å². The lowest BCUT2D eigenvalue weighted by Gasteiger charge is -2.38. The van der Waals surface area contributed by atoms with E-state index in [1.807, 2.05) is 30.3 Å².